The topological polar surface area (TPSA) is 132 Å². The van der Waals surface area contributed by atoms with Crippen LogP contribution in [-0.2, 0) is 36.1 Å². The van der Waals surface area contributed by atoms with Crippen LogP contribution in [0, 0.1) is 0 Å². The van der Waals surface area contributed by atoms with Crippen molar-refractivity contribution >= 4 is 23.0 Å². The summed E-state index contributed by atoms with van der Waals surface area (Å²) < 4.78 is 7.93. The monoisotopic (exact) mass is 572 g/mol. The Balaban J connectivity index is 1.24. The number of nitrogens with one attached hydrogen (secondary N) is 1. The number of aliphatic hydroxyl groups is 1. The molecule has 1 saturated heterocycles. The zero-order valence-corrected chi connectivity index (χ0v) is 24.0. The van der Waals surface area contributed by atoms with Gasteiger partial charge in [-0.3, -0.25) is 18.8 Å². The number of carbonyl (C=O) groups excluding carboxylic acids is 2. The quantitative estimate of drug-likeness (QED) is 0.315. The van der Waals surface area contributed by atoms with Gasteiger partial charge >= 0.3 is 6.09 Å². The van der Waals surface area contributed by atoms with E-state index < -0.39 is 11.7 Å². The molecule has 220 valence electrons. The maximum absolute atomic E-state index is 13.4. The summed E-state index contributed by atoms with van der Waals surface area (Å²) in [6.07, 6.45) is 2.85. The van der Waals surface area contributed by atoms with E-state index in [1.165, 1.54) is 10.9 Å². The van der Waals surface area contributed by atoms with Gasteiger partial charge in [-0.25, -0.2) is 9.78 Å². The molecule has 11 heteroatoms. The first kappa shape index (κ1) is 29.0. The maximum Gasteiger partial charge on any atom is 0.407 e. The van der Waals surface area contributed by atoms with Crippen LogP contribution in [0.2, 0.25) is 0 Å². The molecule has 1 aliphatic heterocycles. The van der Waals surface area contributed by atoms with Crippen LogP contribution in [0.3, 0.4) is 0 Å². The summed E-state index contributed by atoms with van der Waals surface area (Å²) in [6.45, 7) is 3.34. The van der Waals surface area contributed by atoms with Crippen LogP contribution in [0.5, 0.6) is 0 Å². The van der Waals surface area contributed by atoms with E-state index in [9.17, 15) is 19.5 Å². The van der Waals surface area contributed by atoms with Gasteiger partial charge in [-0.1, -0.05) is 54.6 Å². The highest BCUT2D eigenvalue weighted by Gasteiger charge is 2.35. The van der Waals surface area contributed by atoms with Gasteiger partial charge < -0.3 is 20.1 Å². The first-order valence-electron chi connectivity index (χ1n) is 14.2. The molecule has 3 heterocycles. The minimum Gasteiger partial charge on any atom is -0.450 e. The lowest BCUT2D eigenvalue weighted by Crippen LogP contribution is -2.49. The highest BCUT2D eigenvalue weighted by molar-refractivity contribution is 5.89. The van der Waals surface area contributed by atoms with Crippen molar-refractivity contribution in [2.75, 3.05) is 19.7 Å². The number of fused-ring (bicyclic) bond motifs is 1. The molecular weight excluding hydrogens is 536 g/mol. The number of alkyl carbamates (subject to hydrolysis) is 1. The molecular formula is C31H36N6O5. The van der Waals surface area contributed by atoms with Crippen LogP contribution in [-0.4, -0.2) is 66.6 Å². The summed E-state index contributed by atoms with van der Waals surface area (Å²) in [5, 5.41) is 18.5. The van der Waals surface area contributed by atoms with Gasteiger partial charge in [0.05, 0.1) is 30.8 Å². The molecule has 1 fully saturated rings. The van der Waals surface area contributed by atoms with Crippen molar-refractivity contribution in [3.05, 3.63) is 82.4 Å². The fourth-order valence-corrected chi connectivity index (χ4v) is 5.37. The summed E-state index contributed by atoms with van der Waals surface area (Å²) >= 11 is 0. The second kappa shape index (κ2) is 12.6. The molecule has 2 amide bonds. The Bertz CT molecular complexity index is 1600. The number of aryl methyl sites for hydroxylation is 2. The van der Waals surface area contributed by atoms with E-state index in [0.29, 0.717) is 63.1 Å². The number of aromatic nitrogens is 4. The minimum absolute atomic E-state index is 0.0745. The van der Waals surface area contributed by atoms with Gasteiger partial charge in [0.2, 0.25) is 5.91 Å². The van der Waals surface area contributed by atoms with Crippen molar-refractivity contribution in [1.82, 2.24) is 29.5 Å². The second-order valence-electron chi connectivity index (χ2n) is 10.7. The standard InChI is InChI=1S/C31H36N6O5/c1-3-42-30(40)32-19-23-9-12-24(13-10-23)28-26-27(34-35(28)2)29(39)37(21-33-26)20-31(41)15-17-36(18-16-31)25(38)14-11-22-7-5-4-6-8-22/h4-10,12-13,21,41H,3,11,14-20H2,1-2H3,(H,32,40). The van der Waals surface area contributed by atoms with Crippen molar-refractivity contribution in [2.24, 2.45) is 7.05 Å². The molecule has 0 atom stereocenters. The number of benzene rings is 2. The van der Waals surface area contributed by atoms with Crippen LogP contribution < -0.4 is 10.9 Å². The van der Waals surface area contributed by atoms with Crippen molar-refractivity contribution < 1.29 is 19.4 Å². The highest BCUT2D eigenvalue weighted by Crippen LogP contribution is 2.27. The van der Waals surface area contributed by atoms with Crippen molar-refractivity contribution in [2.45, 2.75) is 51.3 Å². The lowest BCUT2D eigenvalue weighted by Gasteiger charge is -2.38. The summed E-state index contributed by atoms with van der Waals surface area (Å²) in [6, 6.07) is 17.5. The third kappa shape index (κ3) is 6.52. The smallest absolute Gasteiger partial charge is 0.407 e. The van der Waals surface area contributed by atoms with Gasteiger partial charge in [0, 0.05) is 38.7 Å². The average Bonchev–Trinajstić information content (AvgIpc) is 3.34. The van der Waals surface area contributed by atoms with Crippen LogP contribution in [0.4, 0.5) is 4.79 Å². The zero-order chi connectivity index (χ0) is 29.7. The van der Waals surface area contributed by atoms with E-state index in [4.69, 9.17) is 4.74 Å². The Hall–Kier alpha value is -4.51. The summed E-state index contributed by atoms with van der Waals surface area (Å²) in [5.74, 6) is 0.0745. The van der Waals surface area contributed by atoms with Gasteiger partial charge in [-0.2, -0.15) is 5.10 Å². The molecule has 2 N–H and O–H groups in total. The second-order valence-corrected chi connectivity index (χ2v) is 10.7. The minimum atomic E-state index is -1.12. The average molecular weight is 573 g/mol. The Kier molecular flexibility index (Phi) is 8.67. The normalized spacial score (nSPS) is 14.6. The van der Waals surface area contributed by atoms with Crippen molar-refractivity contribution in [3.8, 4) is 11.3 Å². The van der Waals surface area contributed by atoms with Crippen LogP contribution in [0.15, 0.2) is 65.7 Å². The van der Waals surface area contributed by atoms with Gasteiger partial charge in [-0.15, -0.1) is 0 Å². The number of ether oxygens (including phenoxy) is 1. The predicted octanol–water partition coefficient (Wildman–Crippen LogP) is 3.03. The molecule has 0 saturated carbocycles. The molecule has 4 aromatic rings. The van der Waals surface area contributed by atoms with Gasteiger partial charge in [-0.05, 0) is 37.3 Å². The lowest BCUT2D eigenvalue weighted by atomic mass is 9.91. The molecule has 0 spiro atoms. The third-order valence-corrected chi connectivity index (χ3v) is 7.73. The Morgan fingerprint density at radius 1 is 1.02 bits per heavy atom. The molecule has 2 aromatic carbocycles. The Morgan fingerprint density at radius 2 is 1.74 bits per heavy atom. The van der Waals surface area contributed by atoms with E-state index in [-0.39, 0.29) is 23.5 Å². The SMILES string of the molecule is CCOC(=O)NCc1ccc(-c2c3ncn(CC4(O)CCN(C(=O)CCc5ccccc5)CC4)c(=O)c3nn2C)cc1. The van der Waals surface area contributed by atoms with Crippen LogP contribution in [0.25, 0.3) is 22.3 Å². The van der Waals surface area contributed by atoms with Gasteiger partial charge in [0.1, 0.15) is 5.52 Å². The molecule has 0 bridgehead atoms. The zero-order valence-electron chi connectivity index (χ0n) is 24.0. The predicted molar refractivity (Wildman–Crippen MR) is 158 cm³/mol. The van der Waals surface area contributed by atoms with E-state index in [0.717, 1.165) is 16.7 Å². The molecule has 1 aliphatic rings. The number of likely N-dealkylation sites (tertiary alicyclic amines) is 1. The number of piperidine rings is 1. The number of hydrogen-bond acceptors (Lipinski definition) is 7. The molecule has 2 aromatic heterocycles. The molecule has 5 rings (SSSR count). The molecule has 0 aliphatic carbocycles. The molecule has 42 heavy (non-hydrogen) atoms. The number of rotatable bonds is 9. The number of nitrogens with zero attached hydrogens (tertiary/aromatic N) is 5. The first-order chi connectivity index (χ1) is 20.3. The summed E-state index contributed by atoms with van der Waals surface area (Å²) in [7, 11) is 1.76. The van der Waals surface area contributed by atoms with E-state index in [1.807, 2.05) is 54.6 Å². The van der Waals surface area contributed by atoms with E-state index in [2.05, 4.69) is 15.4 Å². The first-order valence-corrected chi connectivity index (χ1v) is 14.2. The van der Waals surface area contributed by atoms with Crippen LogP contribution >= 0.6 is 0 Å². The molecule has 11 nitrogen and oxygen atoms in total. The van der Waals surface area contributed by atoms with Gasteiger partial charge in [0.15, 0.2) is 5.52 Å². The maximum atomic E-state index is 13.4. The fraction of sp³-hybridized carbons (Fsp3) is 0.387. The van der Waals surface area contributed by atoms with E-state index >= 15 is 0 Å². The Labute approximate surface area is 243 Å². The number of amides is 2. The summed E-state index contributed by atoms with van der Waals surface area (Å²) in [5.41, 5.74) is 2.78. The lowest BCUT2D eigenvalue weighted by molar-refractivity contribution is -0.135. The summed E-state index contributed by atoms with van der Waals surface area (Å²) in [4.78, 5) is 44.1. The van der Waals surface area contributed by atoms with Crippen molar-refractivity contribution in [1.29, 1.82) is 0 Å². The fourth-order valence-electron chi connectivity index (χ4n) is 5.37. The van der Waals surface area contributed by atoms with Crippen LogP contribution in [0.1, 0.15) is 37.3 Å². The highest BCUT2D eigenvalue weighted by atomic mass is 16.5. The van der Waals surface area contributed by atoms with E-state index in [1.54, 1.807) is 23.6 Å². The third-order valence-electron chi connectivity index (χ3n) is 7.73. The van der Waals surface area contributed by atoms with Crippen molar-refractivity contribution in [3.63, 3.8) is 0 Å². The number of hydrogen-bond donors (Lipinski definition) is 2. The Morgan fingerprint density at radius 3 is 2.43 bits per heavy atom. The van der Waals surface area contributed by atoms with Gasteiger partial charge in [0.25, 0.3) is 5.56 Å². The number of carbonyl (C=O) groups is 2. The molecule has 0 radical (unpaired) electrons. The largest absolute Gasteiger partial charge is 0.450 e. The molecule has 0 unspecified atom stereocenters.